The molecule has 0 saturated heterocycles. The molecule has 256 valence electrons. The van der Waals surface area contributed by atoms with Crippen LogP contribution < -0.4 is 4.74 Å². The maximum Gasteiger partial charge on any atom is 0.145 e. The molecule has 0 unspecified atom stereocenters. The van der Waals surface area contributed by atoms with Gasteiger partial charge in [-0.15, -0.1) is 22.9 Å². The van der Waals surface area contributed by atoms with E-state index in [2.05, 4.69) is 166 Å². The van der Waals surface area contributed by atoms with Crippen LogP contribution in [-0.4, -0.2) is 23.3 Å². The summed E-state index contributed by atoms with van der Waals surface area (Å²) in [6.45, 7) is 28.6. The highest BCUT2D eigenvalue weighted by atomic mass is 28.3. The molecule has 0 saturated carbocycles. The van der Waals surface area contributed by atoms with Crippen LogP contribution in [0.3, 0.4) is 0 Å². The van der Waals surface area contributed by atoms with Crippen LogP contribution in [0.1, 0.15) is 118 Å². The van der Waals surface area contributed by atoms with Crippen molar-refractivity contribution in [1.29, 1.82) is 0 Å². The monoisotopic (exact) mass is 674 g/mol. The Balaban J connectivity index is 2.00. The molecule has 0 bridgehead atoms. The highest BCUT2D eigenvalue weighted by Crippen LogP contribution is 2.42. The number of hydrogen-bond acceptors (Lipinski definition) is 1. The summed E-state index contributed by atoms with van der Waals surface area (Å²) < 4.78 is 5.64. The Hall–Kier alpha value is -3.17. The van der Waals surface area contributed by atoms with E-state index in [-0.39, 0.29) is 0 Å². The lowest BCUT2D eigenvalue weighted by molar-refractivity contribution is 0.414. The van der Waals surface area contributed by atoms with Gasteiger partial charge in [-0.05, 0) is 86.2 Å². The summed E-state index contributed by atoms with van der Waals surface area (Å²) in [6.07, 6.45) is 3.44. The van der Waals surface area contributed by atoms with Gasteiger partial charge in [0.15, 0.2) is 0 Å². The Kier molecular flexibility index (Phi) is 14.3. The predicted octanol–water partition coefficient (Wildman–Crippen LogP) is 12.6. The highest BCUT2D eigenvalue weighted by molar-refractivity contribution is 6.91. The summed E-state index contributed by atoms with van der Waals surface area (Å²) in [6, 6.07) is 19.4. The summed E-state index contributed by atoms with van der Waals surface area (Å²) in [5, 5.41) is 2.44. The van der Waals surface area contributed by atoms with E-state index >= 15 is 0 Å². The molecule has 3 aromatic carbocycles. The minimum atomic E-state index is -1.75. The second kappa shape index (κ2) is 17.5. The first kappa shape index (κ1) is 39.3. The molecule has 0 amide bonds. The van der Waals surface area contributed by atoms with Crippen LogP contribution in [0.2, 0.25) is 33.2 Å². The van der Waals surface area contributed by atoms with Gasteiger partial charge in [0.1, 0.15) is 21.9 Å². The van der Waals surface area contributed by atoms with Crippen LogP contribution >= 0.6 is 0 Å². The van der Waals surface area contributed by atoms with Gasteiger partial charge >= 0.3 is 0 Å². The maximum absolute atomic E-state index is 5.64. The van der Waals surface area contributed by atoms with E-state index in [1.807, 2.05) is 6.07 Å². The quantitative estimate of drug-likeness (QED) is 0.145. The highest BCUT2D eigenvalue weighted by Gasteiger charge is 2.42. The predicted molar refractivity (Wildman–Crippen MR) is 217 cm³/mol. The molecule has 0 aliphatic carbocycles. The molecule has 3 rings (SSSR count). The first-order chi connectivity index (χ1) is 22.7. The van der Waals surface area contributed by atoms with Gasteiger partial charge in [-0.25, -0.2) is 0 Å². The van der Waals surface area contributed by atoms with Gasteiger partial charge in [0.25, 0.3) is 0 Å². The van der Waals surface area contributed by atoms with Crippen LogP contribution in [0.25, 0.3) is 10.8 Å². The molecular weight excluding hydrogens is 613 g/mol. The van der Waals surface area contributed by atoms with Gasteiger partial charge in [0, 0.05) is 24.0 Å². The molecule has 0 spiro atoms. The van der Waals surface area contributed by atoms with Gasteiger partial charge in [0.05, 0.1) is 7.11 Å². The summed E-state index contributed by atoms with van der Waals surface area (Å²) in [7, 11) is -1.76. The molecule has 0 aliphatic heterocycles. The fourth-order valence-electron chi connectivity index (χ4n) is 8.52. The van der Waals surface area contributed by atoms with Gasteiger partial charge in [-0.3, -0.25) is 0 Å². The van der Waals surface area contributed by atoms with Crippen LogP contribution in [-0.2, 0) is 12.8 Å². The molecule has 0 radical (unpaired) electrons. The summed E-state index contributed by atoms with van der Waals surface area (Å²) in [5.74, 6) is 15.5. The first-order valence-corrected chi connectivity index (χ1v) is 22.9. The Morgan fingerprint density at radius 1 is 0.562 bits per heavy atom. The number of methoxy groups -OCH3 is 1. The standard InChI is InChI=1S/C45H62OSi2/c1-33(2)47(34(3)4,35(5)6)30-18-16-21-41-25-24-40-20-14-15-23-44(40)45(41)29-27-39-26-28-43(46-13)32-42(39)22-17-19-31-48(36(7)8,37(9)10)38(11)12/h14-15,20,23-26,28,32-38H,16-17,21-22H2,1-13H3. The normalized spacial score (nSPS) is 12.0. The lowest BCUT2D eigenvalue weighted by atomic mass is 9.95. The average molecular weight is 675 g/mol. The second-order valence-electron chi connectivity index (χ2n) is 15.5. The van der Waals surface area contributed by atoms with Crippen LogP contribution in [0.4, 0.5) is 0 Å². The largest absolute Gasteiger partial charge is 0.497 e. The Bertz CT molecular complexity index is 1660. The van der Waals surface area contributed by atoms with E-state index < -0.39 is 16.1 Å². The number of ether oxygens (including phenoxy) is 1. The van der Waals surface area contributed by atoms with Crippen molar-refractivity contribution >= 4 is 26.9 Å². The van der Waals surface area contributed by atoms with Crippen molar-refractivity contribution in [2.45, 2.75) is 142 Å². The van der Waals surface area contributed by atoms with Gasteiger partial charge < -0.3 is 4.74 Å². The molecular formula is C45H62OSi2. The van der Waals surface area contributed by atoms with Crippen molar-refractivity contribution in [1.82, 2.24) is 0 Å². The Morgan fingerprint density at radius 3 is 1.56 bits per heavy atom. The number of aryl methyl sites for hydroxylation is 2. The van der Waals surface area contributed by atoms with E-state index in [1.165, 1.54) is 21.9 Å². The van der Waals surface area contributed by atoms with Gasteiger partial charge in [0.2, 0.25) is 0 Å². The molecule has 1 nitrogen and oxygen atoms in total. The van der Waals surface area contributed by atoms with E-state index in [4.69, 9.17) is 4.74 Å². The lowest BCUT2D eigenvalue weighted by Gasteiger charge is -2.38. The van der Waals surface area contributed by atoms with Crippen molar-refractivity contribution in [3.63, 3.8) is 0 Å². The van der Waals surface area contributed by atoms with E-state index in [0.29, 0.717) is 33.2 Å². The molecule has 0 atom stereocenters. The average Bonchev–Trinajstić information content (AvgIpc) is 3.03. The van der Waals surface area contributed by atoms with Gasteiger partial charge in [-0.2, -0.15) is 0 Å². The van der Waals surface area contributed by atoms with E-state index in [0.717, 1.165) is 42.6 Å². The summed E-state index contributed by atoms with van der Waals surface area (Å²) in [5.41, 5.74) is 16.3. The second-order valence-corrected chi connectivity index (χ2v) is 26.7. The minimum Gasteiger partial charge on any atom is -0.497 e. The van der Waals surface area contributed by atoms with E-state index in [9.17, 15) is 0 Å². The SMILES string of the molecule is COc1ccc(C#Cc2c(CCC#C[Si](C(C)C)(C(C)C)C(C)C)ccc3ccccc23)c(CCC#C[Si](C(C)C)(C(C)C)C(C)C)c1. The van der Waals surface area contributed by atoms with Gasteiger partial charge in [-0.1, -0.05) is 131 Å². The number of fused-ring (bicyclic) bond motifs is 1. The Labute approximate surface area is 297 Å². The van der Waals surface area contributed by atoms with Crippen molar-refractivity contribution in [3.8, 4) is 40.5 Å². The molecule has 0 aromatic heterocycles. The molecule has 0 heterocycles. The van der Waals surface area contributed by atoms with Crippen molar-refractivity contribution in [3.05, 3.63) is 76.9 Å². The number of hydrogen-bond donors (Lipinski definition) is 0. The van der Waals surface area contributed by atoms with E-state index in [1.54, 1.807) is 7.11 Å². The summed E-state index contributed by atoms with van der Waals surface area (Å²) in [4.78, 5) is 0. The third-order valence-electron chi connectivity index (χ3n) is 11.0. The molecule has 3 aromatic rings. The molecule has 0 aliphatic rings. The fraction of sp³-hybridized carbons (Fsp3) is 0.511. The zero-order valence-electron chi connectivity index (χ0n) is 32.4. The molecule has 3 heteroatoms. The first-order valence-electron chi connectivity index (χ1n) is 18.4. The van der Waals surface area contributed by atoms with Crippen LogP contribution in [0, 0.1) is 34.8 Å². The lowest BCUT2D eigenvalue weighted by Crippen LogP contribution is -2.43. The molecule has 0 N–H and O–H groups in total. The molecule has 48 heavy (non-hydrogen) atoms. The minimum absolute atomic E-state index is 0.634. The van der Waals surface area contributed by atoms with Crippen LogP contribution in [0.5, 0.6) is 5.75 Å². The van der Waals surface area contributed by atoms with Crippen LogP contribution in [0.15, 0.2) is 54.6 Å². The molecule has 0 fully saturated rings. The summed E-state index contributed by atoms with van der Waals surface area (Å²) >= 11 is 0. The zero-order valence-corrected chi connectivity index (χ0v) is 34.4. The van der Waals surface area contributed by atoms with Crippen molar-refractivity contribution in [2.75, 3.05) is 7.11 Å². The smallest absolute Gasteiger partial charge is 0.145 e. The number of rotatable bonds is 11. The Morgan fingerprint density at radius 2 is 1.06 bits per heavy atom. The number of benzene rings is 3. The third-order valence-corrected chi connectivity index (χ3v) is 23.7. The fourth-order valence-corrected chi connectivity index (χ4v) is 19.1. The topological polar surface area (TPSA) is 9.23 Å². The third kappa shape index (κ3) is 8.70. The zero-order chi connectivity index (χ0) is 35.6. The maximum atomic E-state index is 5.64. The van der Waals surface area contributed by atoms with Crippen molar-refractivity contribution in [2.24, 2.45) is 0 Å². The van der Waals surface area contributed by atoms with Crippen molar-refractivity contribution < 1.29 is 4.74 Å².